The van der Waals surface area contributed by atoms with Crippen LogP contribution < -0.4 is 5.32 Å². The Labute approximate surface area is 208 Å². The summed E-state index contributed by atoms with van der Waals surface area (Å²) in [5.74, 6) is -0.157. The van der Waals surface area contributed by atoms with Gasteiger partial charge in [0.1, 0.15) is 5.54 Å². The van der Waals surface area contributed by atoms with Crippen LogP contribution in [0.2, 0.25) is 0 Å². The maximum absolute atomic E-state index is 13.6. The smallest absolute Gasteiger partial charge is 0.325 e. The van der Waals surface area contributed by atoms with Crippen molar-refractivity contribution in [2.75, 3.05) is 19.6 Å². The lowest BCUT2D eigenvalue weighted by atomic mass is 9.74. The Balaban J connectivity index is 1.27. The van der Waals surface area contributed by atoms with Crippen LogP contribution in [0.3, 0.4) is 0 Å². The standard InChI is InChI=1S/C26H29N5O3S/c1-2-10-26(24(33)31(25(34)29-26)15-9-20-4-3-16-35-20)19-7-13-30(14-8-19)23(32)18-5-6-21-22(17-18)28-12-11-27-21/h3-6,11-12,16-17,19H,2,7-10,13-15H2,1H3,(H,29,34)/t26-/m0/s1. The molecule has 4 amide bonds. The van der Waals surface area contributed by atoms with E-state index in [1.807, 2.05) is 35.4 Å². The predicted octanol–water partition coefficient (Wildman–Crippen LogP) is 3.88. The summed E-state index contributed by atoms with van der Waals surface area (Å²) in [6.07, 6.45) is 6.66. The maximum atomic E-state index is 13.6. The SMILES string of the molecule is CCC[C@@]1(C2CCN(C(=O)c3ccc4nccnc4c3)CC2)NC(=O)N(CCc2cccs2)C1=O. The molecule has 0 saturated carbocycles. The van der Waals surface area contributed by atoms with Crippen molar-refractivity contribution in [2.45, 2.75) is 44.6 Å². The van der Waals surface area contributed by atoms with E-state index in [4.69, 9.17) is 0 Å². The topological polar surface area (TPSA) is 95.5 Å². The van der Waals surface area contributed by atoms with Crippen LogP contribution in [0.5, 0.6) is 0 Å². The van der Waals surface area contributed by atoms with E-state index in [-0.39, 0.29) is 23.8 Å². The molecule has 9 heteroatoms. The monoisotopic (exact) mass is 491 g/mol. The van der Waals surface area contributed by atoms with Crippen molar-refractivity contribution in [3.8, 4) is 0 Å². The molecule has 8 nitrogen and oxygen atoms in total. The average Bonchev–Trinajstić information content (AvgIpc) is 3.49. The molecule has 1 atom stereocenters. The fraction of sp³-hybridized carbons (Fsp3) is 0.423. The van der Waals surface area contributed by atoms with Gasteiger partial charge < -0.3 is 10.2 Å². The van der Waals surface area contributed by atoms with E-state index in [0.29, 0.717) is 56.4 Å². The summed E-state index contributed by atoms with van der Waals surface area (Å²) in [6.45, 7) is 3.52. The summed E-state index contributed by atoms with van der Waals surface area (Å²) in [7, 11) is 0. The average molecular weight is 492 g/mol. The first-order chi connectivity index (χ1) is 17.0. The number of hydrogen-bond donors (Lipinski definition) is 1. The Hall–Kier alpha value is -3.33. The van der Waals surface area contributed by atoms with Crippen LogP contribution in [0.1, 0.15) is 47.8 Å². The van der Waals surface area contributed by atoms with Gasteiger partial charge in [0.05, 0.1) is 11.0 Å². The highest BCUT2D eigenvalue weighted by atomic mass is 32.1. The van der Waals surface area contributed by atoms with Gasteiger partial charge in [-0.25, -0.2) is 4.79 Å². The Morgan fingerprint density at radius 2 is 1.91 bits per heavy atom. The van der Waals surface area contributed by atoms with Crippen molar-refractivity contribution in [1.29, 1.82) is 0 Å². The van der Waals surface area contributed by atoms with Gasteiger partial charge in [-0.2, -0.15) is 0 Å². The molecular weight excluding hydrogens is 462 g/mol. The first-order valence-corrected chi connectivity index (χ1v) is 13.1. The second-order valence-electron chi connectivity index (χ2n) is 9.26. The van der Waals surface area contributed by atoms with E-state index in [2.05, 4.69) is 15.3 Å². The molecule has 182 valence electrons. The minimum Gasteiger partial charge on any atom is -0.339 e. The quantitative estimate of drug-likeness (QED) is 0.506. The van der Waals surface area contributed by atoms with E-state index in [0.717, 1.165) is 16.8 Å². The molecule has 2 saturated heterocycles. The zero-order chi connectivity index (χ0) is 24.4. The lowest BCUT2D eigenvalue weighted by Crippen LogP contribution is -2.56. The molecule has 0 radical (unpaired) electrons. The van der Waals surface area contributed by atoms with E-state index in [1.54, 1.807) is 35.9 Å². The summed E-state index contributed by atoms with van der Waals surface area (Å²) in [6, 6.07) is 9.09. The molecule has 2 fully saturated rings. The van der Waals surface area contributed by atoms with Gasteiger partial charge in [-0.05, 0) is 61.2 Å². The second-order valence-corrected chi connectivity index (χ2v) is 10.3. The molecule has 1 N–H and O–H groups in total. The Morgan fingerprint density at radius 1 is 1.14 bits per heavy atom. The number of benzene rings is 1. The number of aromatic nitrogens is 2. The third-order valence-corrected chi connectivity index (χ3v) is 8.14. The van der Waals surface area contributed by atoms with Gasteiger partial charge in [0.2, 0.25) is 0 Å². The largest absolute Gasteiger partial charge is 0.339 e. The van der Waals surface area contributed by atoms with Gasteiger partial charge in [-0.1, -0.05) is 19.4 Å². The number of carbonyl (C=O) groups is 3. The normalized spacial score (nSPS) is 21.1. The number of urea groups is 1. The first-order valence-electron chi connectivity index (χ1n) is 12.2. The number of rotatable bonds is 7. The summed E-state index contributed by atoms with van der Waals surface area (Å²) >= 11 is 1.63. The van der Waals surface area contributed by atoms with Crippen LogP contribution in [-0.4, -0.2) is 62.8 Å². The van der Waals surface area contributed by atoms with E-state index in [1.165, 1.54) is 4.90 Å². The van der Waals surface area contributed by atoms with Gasteiger partial charge in [-0.3, -0.25) is 24.5 Å². The molecule has 35 heavy (non-hydrogen) atoms. The minimum atomic E-state index is -0.880. The summed E-state index contributed by atoms with van der Waals surface area (Å²) in [4.78, 5) is 52.6. The molecule has 2 aliphatic rings. The number of nitrogens with one attached hydrogen (secondary N) is 1. The highest BCUT2D eigenvalue weighted by Gasteiger charge is 2.55. The van der Waals surface area contributed by atoms with Crippen molar-refractivity contribution >= 4 is 40.2 Å². The first kappa shape index (κ1) is 23.4. The molecule has 0 spiro atoms. The highest BCUT2D eigenvalue weighted by molar-refractivity contribution is 7.09. The Morgan fingerprint density at radius 3 is 2.63 bits per heavy atom. The molecule has 1 aromatic carbocycles. The highest BCUT2D eigenvalue weighted by Crippen LogP contribution is 2.37. The lowest BCUT2D eigenvalue weighted by Gasteiger charge is -2.41. The van der Waals surface area contributed by atoms with E-state index in [9.17, 15) is 14.4 Å². The maximum Gasteiger partial charge on any atom is 0.325 e. The Bertz CT molecular complexity index is 1240. The van der Waals surface area contributed by atoms with Crippen LogP contribution >= 0.6 is 11.3 Å². The molecule has 5 rings (SSSR count). The number of carbonyl (C=O) groups excluding carboxylic acids is 3. The van der Waals surface area contributed by atoms with Crippen molar-refractivity contribution in [3.63, 3.8) is 0 Å². The van der Waals surface area contributed by atoms with Crippen molar-refractivity contribution < 1.29 is 14.4 Å². The number of piperidine rings is 1. The molecule has 3 aromatic rings. The van der Waals surface area contributed by atoms with Crippen LogP contribution in [0.25, 0.3) is 11.0 Å². The Kier molecular flexibility index (Phi) is 6.51. The van der Waals surface area contributed by atoms with Crippen molar-refractivity contribution in [1.82, 2.24) is 25.1 Å². The van der Waals surface area contributed by atoms with Crippen LogP contribution in [0, 0.1) is 5.92 Å². The molecule has 4 heterocycles. The van der Waals surface area contributed by atoms with Gasteiger partial charge in [0.15, 0.2) is 0 Å². The van der Waals surface area contributed by atoms with Crippen molar-refractivity contribution in [2.24, 2.45) is 5.92 Å². The third kappa shape index (κ3) is 4.40. The van der Waals surface area contributed by atoms with E-state index >= 15 is 0 Å². The minimum absolute atomic E-state index is 0.00263. The van der Waals surface area contributed by atoms with Crippen LogP contribution in [0.15, 0.2) is 48.1 Å². The number of nitrogens with zero attached hydrogens (tertiary/aromatic N) is 4. The van der Waals surface area contributed by atoms with Gasteiger partial charge in [0.25, 0.3) is 11.8 Å². The van der Waals surface area contributed by atoms with Crippen LogP contribution in [-0.2, 0) is 11.2 Å². The van der Waals surface area contributed by atoms with E-state index < -0.39 is 5.54 Å². The predicted molar refractivity (Wildman–Crippen MR) is 134 cm³/mol. The molecule has 0 bridgehead atoms. The number of thiophene rings is 1. The van der Waals surface area contributed by atoms with Crippen molar-refractivity contribution in [3.05, 3.63) is 58.5 Å². The molecular formula is C26H29N5O3S. The fourth-order valence-electron chi connectivity index (χ4n) is 5.42. The molecule has 2 aromatic heterocycles. The van der Waals surface area contributed by atoms with Gasteiger partial charge >= 0.3 is 6.03 Å². The number of amides is 4. The molecule has 0 aliphatic carbocycles. The molecule has 0 unspecified atom stereocenters. The van der Waals surface area contributed by atoms with Crippen LogP contribution in [0.4, 0.5) is 4.79 Å². The molecule has 2 aliphatic heterocycles. The van der Waals surface area contributed by atoms with Gasteiger partial charge in [-0.15, -0.1) is 11.3 Å². The summed E-state index contributed by atoms with van der Waals surface area (Å²) < 4.78 is 0. The summed E-state index contributed by atoms with van der Waals surface area (Å²) in [5, 5.41) is 5.09. The zero-order valence-corrected chi connectivity index (χ0v) is 20.6. The number of imide groups is 1. The number of likely N-dealkylation sites (tertiary alicyclic amines) is 1. The zero-order valence-electron chi connectivity index (χ0n) is 19.8. The summed E-state index contributed by atoms with van der Waals surface area (Å²) in [5.41, 5.74) is 1.15. The lowest BCUT2D eigenvalue weighted by molar-refractivity contribution is -0.134. The fourth-order valence-corrected chi connectivity index (χ4v) is 6.12. The number of fused-ring (bicyclic) bond motifs is 1. The second kappa shape index (κ2) is 9.73. The number of hydrogen-bond acceptors (Lipinski definition) is 6. The third-order valence-electron chi connectivity index (χ3n) is 7.20. The van der Waals surface area contributed by atoms with Gasteiger partial charge in [0, 0.05) is 42.5 Å².